The zero-order valence-corrected chi connectivity index (χ0v) is 15.9. The molecule has 1 aromatic heterocycles. The lowest BCUT2D eigenvalue weighted by Gasteiger charge is -2.34. The van der Waals surface area contributed by atoms with E-state index in [-0.39, 0.29) is 0 Å². The van der Waals surface area contributed by atoms with E-state index in [0.29, 0.717) is 0 Å². The first kappa shape index (κ1) is 16.6. The molecule has 3 aromatic rings. The van der Waals surface area contributed by atoms with Gasteiger partial charge in [-0.05, 0) is 43.0 Å². The van der Waals surface area contributed by atoms with Gasteiger partial charge in [-0.15, -0.1) is 0 Å². The van der Waals surface area contributed by atoms with E-state index in [9.17, 15) is 0 Å². The number of thiazole rings is 1. The molecule has 4 rings (SSSR count). The molecule has 0 aliphatic carbocycles. The second-order valence-electron chi connectivity index (χ2n) is 6.99. The van der Waals surface area contributed by atoms with Crippen LogP contribution in [-0.4, -0.2) is 42.6 Å². The highest BCUT2D eigenvalue weighted by atomic mass is 32.1. The van der Waals surface area contributed by atoms with Crippen LogP contribution in [0.1, 0.15) is 16.7 Å². The van der Waals surface area contributed by atoms with Crippen molar-refractivity contribution in [3.8, 4) is 0 Å². The van der Waals surface area contributed by atoms with Crippen LogP contribution < -0.4 is 4.90 Å². The first-order valence-electron chi connectivity index (χ1n) is 9.08. The summed E-state index contributed by atoms with van der Waals surface area (Å²) in [6.45, 7) is 9.90. The van der Waals surface area contributed by atoms with Gasteiger partial charge in [0.2, 0.25) is 0 Å². The van der Waals surface area contributed by atoms with Crippen LogP contribution in [0.2, 0.25) is 0 Å². The second-order valence-corrected chi connectivity index (χ2v) is 7.97. The molecule has 2 aromatic carbocycles. The molecule has 1 fully saturated rings. The SMILES string of the molecule is Cc1cc(C)c2sc(N3CCN(CCc4ccccc4)CC3)nc2c1. The molecule has 0 radical (unpaired) electrons. The molecule has 3 nitrogen and oxygen atoms in total. The van der Waals surface area contributed by atoms with Crippen molar-refractivity contribution in [3.63, 3.8) is 0 Å². The molecular formula is C21H25N3S. The van der Waals surface area contributed by atoms with Gasteiger partial charge in [-0.25, -0.2) is 4.98 Å². The summed E-state index contributed by atoms with van der Waals surface area (Å²) in [6, 6.07) is 15.3. The molecular weight excluding hydrogens is 326 g/mol. The minimum absolute atomic E-state index is 1.08. The number of benzene rings is 2. The third-order valence-corrected chi connectivity index (χ3v) is 6.28. The van der Waals surface area contributed by atoms with Gasteiger partial charge in [-0.2, -0.15) is 0 Å². The summed E-state index contributed by atoms with van der Waals surface area (Å²) in [6.07, 6.45) is 1.14. The van der Waals surface area contributed by atoms with Crippen molar-refractivity contribution in [2.75, 3.05) is 37.6 Å². The maximum atomic E-state index is 4.90. The Morgan fingerprint density at radius 3 is 2.52 bits per heavy atom. The molecule has 4 heteroatoms. The van der Waals surface area contributed by atoms with E-state index in [4.69, 9.17) is 4.98 Å². The van der Waals surface area contributed by atoms with Crippen LogP contribution in [0.5, 0.6) is 0 Å². The quantitative estimate of drug-likeness (QED) is 0.699. The summed E-state index contributed by atoms with van der Waals surface area (Å²) in [5, 5.41) is 1.19. The Hall–Kier alpha value is -1.91. The van der Waals surface area contributed by atoms with Crippen molar-refractivity contribution >= 4 is 26.7 Å². The fourth-order valence-electron chi connectivity index (χ4n) is 3.59. The van der Waals surface area contributed by atoms with Crippen LogP contribution in [0.3, 0.4) is 0 Å². The maximum absolute atomic E-state index is 4.90. The zero-order valence-electron chi connectivity index (χ0n) is 15.0. The lowest BCUT2D eigenvalue weighted by molar-refractivity contribution is 0.261. The van der Waals surface area contributed by atoms with Crippen LogP contribution in [0.25, 0.3) is 10.2 Å². The summed E-state index contributed by atoms with van der Waals surface area (Å²) in [4.78, 5) is 9.94. The largest absolute Gasteiger partial charge is 0.345 e. The molecule has 0 spiro atoms. The fourth-order valence-corrected chi connectivity index (χ4v) is 4.66. The van der Waals surface area contributed by atoms with E-state index in [1.807, 2.05) is 11.3 Å². The molecule has 25 heavy (non-hydrogen) atoms. The van der Waals surface area contributed by atoms with Crippen LogP contribution in [0.15, 0.2) is 42.5 Å². The number of aromatic nitrogens is 1. The molecule has 0 N–H and O–H groups in total. The number of aryl methyl sites for hydroxylation is 2. The van der Waals surface area contributed by atoms with Crippen molar-refractivity contribution < 1.29 is 0 Å². The van der Waals surface area contributed by atoms with E-state index in [0.717, 1.165) is 44.7 Å². The highest BCUT2D eigenvalue weighted by Gasteiger charge is 2.20. The number of hydrogen-bond acceptors (Lipinski definition) is 4. The Balaban J connectivity index is 1.38. The van der Waals surface area contributed by atoms with E-state index in [1.54, 1.807) is 0 Å². The van der Waals surface area contributed by atoms with Gasteiger partial charge < -0.3 is 4.90 Å². The first-order valence-corrected chi connectivity index (χ1v) is 9.90. The van der Waals surface area contributed by atoms with E-state index < -0.39 is 0 Å². The fraction of sp³-hybridized carbons (Fsp3) is 0.381. The predicted molar refractivity (Wildman–Crippen MR) is 108 cm³/mol. The van der Waals surface area contributed by atoms with Crippen LogP contribution in [-0.2, 0) is 6.42 Å². The lowest BCUT2D eigenvalue weighted by atomic mass is 10.1. The summed E-state index contributed by atoms with van der Waals surface area (Å²) in [7, 11) is 0. The number of fused-ring (bicyclic) bond motifs is 1. The molecule has 1 aliphatic heterocycles. The third kappa shape index (κ3) is 3.70. The molecule has 1 aliphatic rings. The van der Waals surface area contributed by atoms with Gasteiger partial charge in [-0.1, -0.05) is 47.7 Å². The molecule has 1 saturated heterocycles. The Kier molecular flexibility index (Phi) is 4.73. The van der Waals surface area contributed by atoms with Crippen LogP contribution in [0, 0.1) is 13.8 Å². The van der Waals surface area contributed by atoms with Crippen molar-refractivity contribution in [3.05, 3.63) is 59.2 Å². The van der Waals surface area contributed by atoms with Gasteiger partial charge in [0.05, 0.1) is 10.2 Å². The topological polar surface area (TPSA) is 19.4 Å². The summed E-state index contributed by atoms with van der Waals surface area (Å²) in [5.41, 5.74) is 5.23. The van der Waals surface area contributed by atoms with E-state index in [1.165, 1.54) is 26.5 Å². The lowest BCUT2D eigenvalue weighted by Crippen LogP contribution is -2.46. The third-order valence-electron chi connectivity index (χ3n) is 5.01. The van der Waals surface area contributed by atoms with Gasteiger partial charge in [-0.3, -0.25) is 4.90 Å². The highest BCUT2D eigenvalue weighted by molar-refractivity contribution is 7.22. The smallest absolute Gasteiger partial charge is 0.186 e. The molecule has 0 unspecified atom stereocenters. The predicted octanol–water partition coefficient (Wildman–Crippen LogP) is 4.28. The second kappa shape index (κ2) is 7.14. The average Bonchev–Trinajstić information content (AvgIpc) is 3.06. The Bertz CT molecular complexity index is 848. The van der Waals surface area contributed by atoms with Gasteiger partial charge in [0.25, 0.3) is 0 Å². The number of piperazine rings is 1. The Morgan fingerprint density at radius 2 is 1.76 bits per heavy atom. The molecule has 130 valence electrons. The number of anilines is 1. The standard InChI is InChI=1S/C21H25N3S/c1-16-14-17(2)20-19(15-16)22-21(25-20)24-12-10-23(11-13-24)9-8-18-6-4-3-5-7-18/h3-7,14-15H,8-13H2,1-2H3. The molecule has 0 atom stereocenters. The van der Waals surface area contributed by atoms with Gasteiger partial charge in [0, 0.05) is 32.7 Å². The van der Waals surface area contributed by atoms with Crippen molar-refractivity contribution in [2.24, 2.45) is 0 Å². The van der Waals surface area contributed by atoms with E-state index >= 15 is 0 Å². The Morgan fingerprint density at radius 1 is 1.00 bits per heavy atom. The van der Waals surface area contributed by atoms with Crippen LogP contribution >= 0.6 is 11.3 Å². The number of hydrogen-bond donors (Lipinski definition) is 0. The normalized spacial score (nSPS) is 15.8. The minimum atomic E-state index is 1.08. The van der Waals surface area contributed by atoms with Crippen molar-refractivity contribution in [1.29, 1.82) is 0 Å². The average molecular weight is 352 g/mol. The summed E-state index contributed by atoms with van der Waals surface area (Å²) in [5.74, 6) is 0. The minimum Gasteiger partial charge on any atom is -0.345 e. The summed E-state index contributed by atoms with van der Waals surface area (Å²) >= 11 is 1.85. The van der Waals surface area contributed by atoms with Gasteiger partial charge in [0.15, 0.2) is 5.13 Å². The van der Waals surface area contributed by atoms with Crippen LogP contribution in [0.4, 0.5) is 5.13 Å². The highest BCUT2D eigenvalue weighted by Crippen LogP contribution is 2.32. The monoisotopic (exact) mass is 351 g/mol. The first-order chi connectivity index (χ1) is 12.2. The molecule has 0 saturated carbocycles. The van der Waals surface area contributed by atoms with Gasteiger partial charge in [0.1, 0.15) is 0 Å². The number of rotatable bonds is 4. The zero-order chi connectivity index (χ0) is 17.2. The number of nitrogens with zero attached hydrogens (tertiary/aromatic N) is 3. The summed E-state index contributed by atoms with van der Waals surface area (Å²) < 4.78 is 1.34. The van der Waals surface area contributed by atoms with Crippen molar-refractivity contribution in [2.45, 2.75) is 20.3 Å². The maximum Gasteiger partial charge on any atom is 0.186 e. The molecule has 0 bridgehead atoms. The van der Waals surface area contributed by atoms with Crippen molar-refractivity contribution in [1.82, 2.24) is 9.88 Å². The molecule has 0 amide bonds. The van der Waals surface area contributed by atoms with Gasteiger partial charge >= 0.3 is 0 Å². The molecule has 2 heterocycles. The van der Waals surface area contributed by atoms with E-state index in [2.05, 4.69) is 66.1 Å². The Labute approximate surface area is 153 Å².